The first-order valence-electron chi connectivity index (χ1n) is 6.93. The lowest BCUT2D eigenvalue weighted by Gasteiger charge is -2.09. The van der Waals surface area contributed by atoms with Crippen molar-refractivity contribution in [3.8, 4) is 11.8 Å². The SMILES string of the molecule is CCCOc1ccc(Br)cc1/C=C(\C#N)C(=O)NCCOC. The van der Waals surface area contributed by atoms with E-state index in [1.165, 1.54) is 6.08 Å². The van der Waals surface area contributed by atoms with Crippen LogP contribution in [0, 0.1) is 11.3 Å². The molecular formula is C16H19BrN2O3. The average molecular weight is 367 g/mol. The molecule has 0 bridgehead atoms. The first kappa shape index (κ1) is 18.2. The molecule has 1 aromatic rings. The maximum absolute atomic E-state index is 12.0. The number of carbonyl (C=O) groups excluding carboxylic acids is 1. The predicted molar refractivity (Wildman–Crippen MR) is 88.4 cm³/mol. The Hall–Kier alpha value is -1.84. The molecule has 0 aliphatic rings. The van der Waals surface area contributed by atoms with Crippen molar-refractivity contribution in [3.63, 3.8) is 0 Å². The number of nitrogens with one attached hydrogen (secondary N) is 1. The third-order valence-corrected chi connectivity index (χ3v) is 3.18. The third kappa shape index (κ3) is 5.88. The summed E-state index contributed by atoms with van der Waals surface area (Å²) >= 11 is 3.38. The van der Waals surface area contributed by atoms with Gasteiger partial charge in [0.25, 0.3) is 5.91 Å². The van der Waals surface area contributed by atoms with E-state index in [0.717, 1.165) is 10.9 Å². The second-order valence-corrected chi connectivity index (χ2v) is 5.36. The second kappa shape index (κ2) is 9.98. The van der Waals surface area contributed by atoms with Gasteiger partial charge in [0, 0.05) is 23.7 Å². The van der Waals surface area contributed by atoms with Gasteiger partial charge in [0.2, 0.25) is 0 Å². The molecule has 0 aliphatic heterocycles. The zero-order valence-electron chi connectivity index (χ0n) is 12.7. The molecule has 1 amide bonds. The summed E-state index contributed by atoms with van der Waals surface area (Å²) in [7, 11) is 1.55. The number of nitrogens with zero attached hydrogens (tertiary/aromatic N) is 1. The van der Waals surface area contributed by atoms with E-state index in [2.05, 4.69) is 21.2 Å². The highest BCUT2D eigenvalue weighted by atomic mass is 79.9. The Morgan fingerprint density at radius 1 is 1.45 bits per heavy atom. The van der Waals surface area contributed by atoms with Crippen LogP contribution in [-0.2, 0) is 9.53 Å². The van der Waals surface area contributed by atoms with Gasteiger partial charge in [0.1, 0.15) is 17.4 Å². The predicted octanol–water partition coefficient (Wildman–Crippen LogP) is 2.91. The molecule has 0 fully saturated rings. The summed E-state index contributed by atoms with van der Waals surface area (Å²) in [5.41, 5.74) is 0.705. The maximum Gasteiger partial charge on any atom is 0.262 e. The van der Waals surface area contributed by atoms with Gasteiger partial charge >= 0.3 is 0 Å². The summed E-state index contributed by atoms with van der Waals surface area (Å²) in [6.45, 7) is 3.33. The Morgan fingerprint density at radius 3 is 2.86 bits per heavy atom. The molecule has 0 saturated heterocycles. The molecular weight excluding hydrogens is 348 g/mol. The first-order valence-corrected chi connectivity index (χ1v) is 7.73. The van der Waals surface area contributed by atoms with E-state index in [4.69, 9.17) is 9.47 Å². The lowest BCUT2D eigenvalue weighted by molar-refractivity contribution is -0.117. The summed E-state index contributed by atoms with van der Waals surface area (Å²) in [5, 5.41) is 11.8. The minimum absolute atomic E-state index is 0.0237. The van der Waals surface area contributed by atoms with Crippen molar-refractivity contribution in [1.82, 2.24) is 5.32 Å². The van der Waals surface area contributed by atoms with Gasteiger partial charge in [0.05, 0.1) is 13.2 Å². The number of halogens is 1. The van der Waals surface area contributed by atoms with Crippen LogP contribution in [0.3, 0.4) is 0 Å². The fourth-order valence-corrected chi connectivity index (χ4v) is 2.02. The van der Waals surface area contributed by atoms with Crippen LogP contribution in [0.25, 0.3) is 6.08 Å². The molecule has 0 heterocycles. The Bertz CT molecular complexity index is 579. The molecule has 0 atom stereocenters. The standard InChI is InChI=1S/C16H19BrN2O3/c1-3-7-22-15-5-4-14(17)10-12(15)9-13(11-18)16(20)19-6-8-21-2/h4-5,9-10H,3,6-8H2,1-2H3,(H,19,20)/b13-9+. The molecule has 0 radical (unpaired) electrons. The van der Waals surface area contributed by atoms with Gasteiger partial charge in [-0.3, -0.25) is 4.79 Å². The minimum Gasteiger partial charge on any atom is -0.493 e. The zero-order valence-corrected chi connectivity index (χ0v) is 14.3. The summed E-state index contributed by atoms with van der Waals surface area (Å²) in [4.78, 5) is 12.0. The summed E-state index contributed by atoms with van der Waals surface area (Å²) < 4.78 is 11.3. The fourth-order valence-electron chi connectivity index (χ4n) is 1.64. The molecule has 0 unspecified atom stereocenters. The van der Waals surface area contributed by atoms with Crippen molar-refractivity contribution in [2.24, 2.45) is 0 Å². The van der Waals surface area contributed by atoms with E-state index in [9.17, 15) is 10.1 Å². The number of nitriles is 1. The molecule has 22 heavy (non-hydrogen) atoms. The van der Waals surface area contributed by atoms with Crippen LogP contribution in [-0.4, -0.2) is 32.8 Å². The lowest BCUT2D eigenvalue weighted by Crippen LogP contribution is -2.27. The summed E-state index contributed by atoms with van der Waals surface area (Å²) in [5.74, 6) is 0.212. The van der Waals surface area contributed by atoms with Gasteiger partial charge in [-0.15, -0.1) is 0 Å². The van der Waals surface area contributed by atoms with Gasteiger partial charge in [-0.05, 0) is 30.7 Å². The Balaban J connectivity index is 2.98. The van der Waals surface area contributed by atoms with Gasteiger partial charge in [-0.2, -0.15) is 5.26 Å². The van der Waals surface area contributed by atoms with Crippen molar-refractivity contribution < 1.29 is 14.3 Å². The summed E-state index contributed by atoms with van der Waals surface area (Å²) in [6, 6.07) is 7.39. The van der Waals surface area contributed by atoms with Gasteiger partial charge < -0.3 is 14.8 Å². The molecule has 1 aromatic carbocycles. The Kier molecular flexibility index (Phi) is 8.26. The number of ether oxygens (including phenoxy) is 2. The normalized spacial score (nSPS) is 10.9. The smallest absolute Gasteiger partial charge is 0.262 e. The van der Waals surface area contributed by atoms with E-state index < -0.39 is 5.91 Å². The van der Waals surface area contributed by atoms with E-state index in [1.54, 1.807) is 7.11 Å². The van der Waals surface area contributed by atoms with Crippen LogP contribution in [0.15, 0.2) is 28.2 Å². The van der Waals surface area contributed by atoms with E-state index in [-0.39, 0.29) is 5.57 Å². The quantitative estimate of drug-likeness (QED) is 0.436. The molecule has 6 heteroatoms. The molecule has 118 valence electrons. The molecule has 0 aromatic heterocycles. The largest absolute Gasteiger partial charge is 0.493 e. The van der Waals surface area contributed by atoms with E-state index in [1.807, 2.05) is 31.2 Å². The molecule has 0 aliphatic carbocycles. The highest BCUT2D eigenvalue weighted by Gasteiger charge is 2.11. The van der Waals surface area contributed by atoms with Gasteiger partial charge in [-0.25, -0.2) is 0 Å². The summed E-state index contributed by atoms with van der Waals surface area (Å²) in [6.07, 6.45) is 2.40. The zero-order chi connectivity index (χ0) is 16.4. The van der Waals surface area contributed by atoms with Crippen molar-refractivity contribution in [1.29, 1.82) is 5.26 Å². The van der Waals surface area contributed by atoms with E-state index in [0.29, 0.717) is 31.1 Å². The fraction of sp³-hybridized carbons (Fsp3) is 0.375. The average Bonchev–Trinajstić information content (AvgIpc) is 2.51. The number of carbonyl (C=O) groups is 1. The maximum atomic E-state index is 12.0. The van der Waals surface area contributed by atoms with Crippen LogP contribution in [0.5, 0.6) is 5.75 Å². The first-order chi connectivity index (χ1) is 10.6. The number of benzene rings is 1. The lowest BCUT2D eigenvalue weighted by atomic mass is 10.1. The van der Waals surface area contributed by atoms with Crippen molar-refractivity contribution >= 4 is 27.9 Å². The minimum atomic E-state index is -0.430. The number of amides is 1. The number of hydrogen-bond donors (Lipinski definition) is 1. The van der Waals surface area contributed by atoms with Crippen LogP contribution in [0.4, 0.5) is 0 Å². The topological polar surface area (TPSA) is 71.3 Å². The van der Waals surface area contributed by atoms with Crippen LogP contribution in [0.2, 0.25) is 0 Å². The van der Waals surface area contributed by atoms with Crippen molar-refractivity contribution in [3.05, 3.63) is 33.8 Å². The second-order valence-electron chi connectivity index (χ2n) is 4.45. The molecule has 5 nitrogen and oxygen atoms in total. The number of methoxy groups -OCH3 is 1. The molecule has 0 saturated carbocycles. The van der Waals surface area contributed by atoms with Crippen molar-refractivity contribution in [2.45, 2.75) is 13.3 Å². The van der Waals surface area contributed by atoms with Crippen LogP contribution >= 0.6 is 15.9 Å². The monoisotopic (exact) mass is 366 g/mol. The molecule has 0 spiro atoms. The number of hydrogen-bond acceptors (Lipinski definition) is 4. The Labute approximate surface area is 139 Å². The van der Waals surface area contributed by atoms with Gasteiger partial charge in [-0.1, -0.05) is 22.9 Å². The molecule has 1 rings (SSSR count). The third-order valence-electron chi connectivity index (χ3n) is 2.69. The van der Waals surface area contributed by atoms with Crippen LogP contribution in [0.1, 0.15) is 18.9 Å². The highest BCUT2D eigenvalue weighted by molar-refractivity contribution is 9.10. The van der Waals surface area contributed by atoms with Crippen molar-refractivity contribution in [2.75, 3.05) is 26.9 Å². The van der Waals surface area contributed by atoms with E-state index >= 15 is 0 Å². The number of rotatable bonds is 8. The Morgan fingerprint density at radius 2 is 2.23 bits per heavy atom. The van der Waals surface area contributed by atoms with Crippen LogP contribution < -0.4 is 10.1 Å². The van der Waals surface area contributed by atoms with Gasteiger partial charge in [0.15, 0.2) is 0 Å². The highest BCUT2D eigenvalue weighted by Crippen LogP contribution is 2.25. The molecule has 1 N–H and O–H groups in total.